The van der Waals surface area contributed by atoms with E-state index in [2.05, 4.69) is 65.8 Å². The van der Waals surface area contributed by atoms with Gasteiger partial charge in [0.05, 0.1) is 31.0 Å². The predicted octanol–water partition coefficient (Wildman–Crippen LogP) is 4.59. The van der Waals surface area contributed by atoms with Crippen LogP contribution in [0.25, 0.3) is 0 Å². The Hall–Kier alpha value is -1.82. The normalized spacial score (nSPS) is 17.5. The summed E-state index contributed by atoms with van der Waals surface area (Å²) in [7, 11) is -0.427. The molecular formula is C24H33BO4. The van der Waals surface area contributed by atoms with Crippen LogP contribution in [-0.2, 0) is 20.7 Å². The molecular weight excluding hydrogens is 363 g/mol. The van der Waals surface area contributed by atoms with Gasteiger partial charge in [0.1, 0.15) is 5.75 Å². The summed E-state index contributed by atoms with van der Waals surface area (Å²) < 4.78 is 24.6. The molecule has 3 rings (SSSR count). The van der Waals surface area contributed by atoms with Gasteiger partial charge in [0, 0.05) is 11.9 Å². The maximum Gasteiger partial charge on any atom is 0.498 e. The van der Waals surface area contributed by atoms with Gasteiger partial charge in [-0.3, -0.25) is 0 Å². The summed E-state index contributed by atoms with van der Waals surface area (Å²) in [5.74, 6) is 0.867. The molecule has 0 N–H and O–H groups in total. The van der Waals surface area contributed by atoms with Gasteiger partial charge in [0.25, 0.3) is 0 Å². The van der Waals surface area contributed by atoms with Crippen molar-refractivity contribution in [2.45, 2.75) is 65.8 Å². The van der Waals surface area contributed by atoms with Gasteiger partial charge in [0.2, 0.25) is 0 Å². The lowest BCUT2D eigenvalue weighted by atomic mass is 9.74. The molecule has 4 nitrogen and oxygen atoms in total. The molecule has 0 amide bonds. The van der Waals surface area contributed by atoms with Gasteiger partial charge in [-0.05, 0) is 58.2 Å². The number of hydrogen-bond donors (Lipinski definition) is 0. The van der Waals surface area contributed by atoms with Crippen LogP contribution in [0.5, 0.6) is 5.75 Å². The number of benzene rings is 2. The molecule has 1 aliphatic rings. The van der Waals surface area contributed by atoms with E-state index < -0.39 is 7.12 Å². The Morgan fingerprint density at radius 1 is 0.828 bits per heavy atom. The molecule has 0 radical (unpaired) electrons. The summed E-state index contributed by atoms with van der Waals surface area (Å²) in [6.07, 6.45) is 0.822. The van der Waals surface area contributed by atoms with Crippen molar-refractivity contribution in [2.75, 3.05) is 13.2 Å². The smallest absolute Gasteiger partial charge is 0.494 e. The van der Waals surface area contributed by atoms with Gasteiger partial charge in [-0.1, -0.05) is 42.5 Å². The highest BCUT2D eigenvalue weighted by Crippen LogP contribution is 2.37. The van der Waals surface area contributed by atoms with Crippen molar-refractivity contribution in [1.82, 2.24) is 0 Å². The zero-order chi connectivity index (χ0) is 21.1. The van der Waals surface area contributed by atoms with Crippen molar-refractivity contribution >= 4 is 12.6 Å². The van der Waals surface area contributed by atoms with Crippen molar-refractivity contribution in [2.24, 2.45) is 0 Å². The van der Waals surface area contributed by atoms with Gasteiger partial charge in [-0.25, -0.2) is 0 Å². The maximum atomic E-state index is 6.29. The Balaban J connectivity index is 1.60. The van der Waals surface area contributed by atoms with Crippen LogP contribution >= 0.6 is 0 Å². The van der Waals surface area contributed by atoms with E-state index in [9.17, 15) is 0 Å². The highest BCUT2D eigenvalue weighted by Gasteiger charge is 2.53. The lowest BCUT2D eigenvalue weighted by Crippen LogP contribution is -2.41. The molecule has 29 heavy (non-hydrogen) atoms. The zero-order valence-corrected chi connectivity index (χ0v) is 18.6. The van der Waals surface area contributed by atoms with E-state index in [-0.39, 0.29) is 11.2 Å². The molecule has 0 spiro atoms. The predicted molar refractivity (Wildman–Crippen MR) is 118 cm³/mol. The maximum absolute atomic E-state index is 6.29. The van der Waals surface area contributed by atoms with Gasteiger partial charge < -0.3 is 18.8 Å². The van der Waals surface area contributed by atoms with Crippen molar-refractivity contribution in [3.8, 4) is 5.75 Å². The monoisotopic (exact) mass is 396 g/mol. The average Bonchev–Trinajstić information content (AvgIpc) is 2.88. The second kappa shape index (κ2) is 8.91. The minimum absolute atomic E-state index is 0.379. The van der Waals surface area contributed by atoms with Gasteiger partial charge in [0.15, 0.2) is 0 Å². The van der Waals surface area contributed by atoms with Crippen molar-refractivity contribution in [1.29, 1.82) is 0 Å². The van der Waals surface area contributed by atoms with E-state index >= 15 is 0 Å². The molecule has 1 fully saturated rings. The fourth-order valence-electron chi connectivity index (χ4n) is 3.35. The van der Waals surface area contributed by atoms with E-state index in [4.69, 9.17) is 18.8 Å². The molecule has 2 aromatic rings. The SMILES string of the molecule is Cc1ccc(C)c(B2OC(C)(C)C(C)(C)O2)c1OCCCOCc1ccccc1. The molecule has 2 aromatic carbocycles. The van der Waals surface area contributed by atoms with Crippen molar-refractivity contribution < 1.29 is 18.8 Å². The third-order valence-electron chi connectivity index (χ3n) is 5.89. The van der Waals surface area contributed by atoms with Gasteiger partial charge >= 0.3 is 7.12 Å². The number of ether oxygens (including phenoxy) is 2. The first-order chi connectivity index (χ1) is 13.7. The third-order valence-corrected chi connectivity index (χ3v) is 5.89. The second-order valence-electron chi connectivity index (χ2n) is 8.77. The van der Waals surface area contributed by atoms with E-state index in [0.29, 0.717) is 19.8 Å². The van der Waals surface area contributed by atoms with Crippen LogP contribution in [0.3, 0.4) is 0 Å². The summed E-state index contributed by atoms with van der Waals surface area (Å²) >= 11 is 0. The third kappa shape index (κ3) is 5.03. The van der Waals surface area contributed by atoms with Gasteiger partial charge in [-0.15, -0.1) is 0 Å². The molecule has 1 aliphatic heterocycles. The summed E-state index contributed by atoms with van der Waals surface area (Å²) in [4.78, 5) is 0. The molecule has 0 aromatic heterocycles. The van der Waals surface area contributed by atoms with Crippen LogP contribution in [0.1, 0.15) is 50.8 Å². The summed E-state index contributed by atoms with van der Waals surface area (Å²) in [6, 6.07) is 14.4. The van der Waals surface area contributed by atoms with E-state index in [1.165, 1.54) is 5.56 Å². The van der Waals surface area contributed by atoms with E-state index in [1.54, 1.807) is 0 Å². The lowest BCUT2D eigenvalue weighted by Gasteiger charge is -2.32. The fraction of sp³-hybridized carbons (Fsp3) is 0.500. The largest absolute Gasteiger partial charge is 0.498 e. The number of rotatable bonds is 8. The first kappa shape index (κ1) is 21.9. The number of hydrogen-bond acceptors (Lipinski definition) is 4. The van der Waals surface area contributed by atoms with Crippen LogP contribution < -0.4 is 10.2 Å². The van der Waals surface area contributed by atoms with Crippen LogP contribution in [0.15, 0.2) is 42.5 Å². The zero-order valence-electron chi connectivity index (χ0n) is 18.6. The molecule has 0 bridgehead atoms. The van der Waals surface area contributed by atoms with Crippen LogP contribution in [0, 0.1) is 13.8 Å². The standard InChI is InChI=1S/C24H33BO4/c1-18-13-14-19(2)22(21(18)25-28-23(3,4)24(5,6)29-25)27-16-10-15-26-17-20-11-8-7-9-12-20/h7-9,11-14H,10,15-17H2,1-6H3. The van der Waals surface area contributed by atoms with E-state index in [1.807, 2.05) is 18.2 Å². The Morgan fingerprint density at radius 2 is 1.45 bits per heavy atom. The van der Waals surface area contributed by atoms with Gasteiger partial charge in [-0.2, -0.15) is 0 Å². The Bertz CT molecular complexity index is 801. The van der Waals surface area contributed by atoms with Crippen molar-refractivity contribution in [3.63, 3.8) is 0 Å². The van der Waals surface area contributed by atoms with E-state index in [0.717, 1.165) is 28.8 Å². The van der Waals surface area contributed by atoms with Crippen LogP contribution in [0.2, 0.25) is 0 Å². The molecule has 0 saturated carbocycles. The summed E-state index contributed by atoms with van der Waals surface area (Å²) in [5, 5.41) is 0. The first-order valence-electron chi connectivity index (χ1n) is 10.4. The first-order valence-corrected chi connectivity index (χ1v) is 10.4. The molecule has 1 saturated heterocycles. The average molecular weight is 396 g/mol. The highest BCUT2D eigenvalue weighted by molar-refractivity contribution is 6.63. The molecule has 1 heterocycles. The summed E-state index contributed by atoms with van der Waals surface area (Å²) in [6.45, 7) is 14.3. The second-order valence-corrected chi connectivity index (χ2v) is 8.77. The Kier molecular flexibility index (Phi) is 6.72. The number of aryl methyl sites for hydroxylation is 2. The molecule has 0 unspecified atom stereocenters. The molecule has 0 aliphatic carbocycles. The molecule has 156 valence electrons. The lowest BCUT2D eigenvalue weighted by molar-refractivity contribution is 0.00578. The Morgan fingerprint density at radius 3 is 2.10 bits per heavy atom. The minimum atomic E-state index is -0.427. The molecule has 0 atom stereocenters. The van der Waals surface area contributed by atoms with Crippen molar-refractivity contribution in [3.05, 3.63) is 59.2 Å². The fourth-order valence-corrected chi connectivity index (χ4v) is 3.35. The molecule has 5 heteroatoms. The highest BCUT2D eigenvalue weighted by atomic mass is 16.7. The van der Waals surface area contributed by atoms with Crippen LogP contribution in [0.4, 0.5) is 0 Å². The van der Waals surface area contributed by atoms with Crippen LogP contribution in [-0.4, -0.2) is 31.5 Å². The topological polar surface area (TPSA) is 36.9 Å². The Labute approximate surface area is 175 Å². The summed E-state index contributed by atoms with van der Waals surface area (Å²) in [5.41, 5.74) is 3.63. The quantitative estimate of drug-likeness (QED) is 0.483. The minimum Gasteiger partial charge on any atom is -0.494 e.